The zero-order chi connectivity index (χ0) is 27.2. The summed E-state index contributed by atoms with van der Waals surface area (Å²) in [5.74, 6) is -1.67. The number of rotatable bonds is 8. The molecule has 0 atom stereocenters. The molecule has 0 aliphatic heterocycles. The molecule has 0 aliphatic rings. The second kappa shape index (κ2) is 11.7. The monoisotopic (exact) mass is 577 g/mol. The van der Waals surface area contributed by atoms with Crippen LogP contribution in [0.3, 0.4) is 0 Å². The molecule has 38 heavy (non-hydrogen) atoms. The van der Waals surface area contributed by atoms with Crippen molar-refractivity contribution in [1.29, 1.82) is 0 Å². The van der Waals surface area contributed by atoms with Gasteiger partial charge in [-0.1, -0.05) is 51.8 Å². The van der Waals surface area contributed by atoms with E-state index in [4.69, 9.17) is 14.2 Å². The van der Waals surface area contributed by atoms with Gasteiger partial charge in [0.1, 0.15) is 17.0 Å². The number of esters is 2. The van der Waals surface area contributed by atoms with Crippen molar-refractivity contribution >= 4 is 39.5 Å². The van der Waals surface area contributed by atoms with Gasteiger partial charge < -0.3 is 19.5 Å². The molecule has 1 aromatic heterocycles. The minimum absolute atomic E-state index is 0.102. The van der Waals surface area contributed by atoms with E-state index in [0.29, 0.717) is 21.4 Å². The lowest BCUT2D eigenvalue weighted by Gasteiger charge is -2.12. The molecule has 0 unspecified atom stereocenters. The Morgan fingerprint density at radius 2 is 1.61 bits per heavy atom. The second-order valence-corrected chi connectivity index (χ2v) is 9.06. The van der Waals surface area contributed by atoms with Crippen molar-refractivity contribution in [3.05, 3.63) is 94.1 Å². The Morgan fingerprint density at radius 1 is 0.921 bits per heavy atom. The van der Waals surface area contributed by atoms with E-state index in [1.54, 1.807) is 54.6 Å². The summed E-state index contributed by atoms with van der Waals surface area (Å²) in [6, 6.07) is 21.2. The highest BCUT2D eigenvalue weighted by Crippen LogP contribution is 2.37. The molecular weight excluding hydrogens is 554 g/mol. The molecule has 10 heteroatoms. The molecule has 0 saturated carbocycles. The van der Waals surface area contributed by atoms with Gasteiger partial charge in [-0.05, 0) is 49.4 Å². The molecule has 0 spiro atoms. The SMILES string of the molecule is COC(=O)c1c(-c2cc(Br)ccc2OCC(=O)Nc2ccc(C)cc2)nn(-c2ccccc2)c1C(=O)OC. The number of anilines is 1. The summed E-state index contributed by atoms with van der Waals surface area (Å²) in [6.07, 6.45) is 0. The number of hydrogen-bond acceptors (Lipinski definition) is 7. The van der Waals surface area contributed by atoms with Crippen LogP contribution >= 0.6 is 15.9 Å². The molecule has 1 amide bonds. The second-order valence-electron chi connectivity index (χ2n) is 8.15. The van der Waals surface area contributed by atoms with Crippen molar-refractivity contribution in [3.63, 3.8) is 0 Å². The third-order valence-electron chi connectivity index (χ3n) is 5.55. The molecule has 0 radical (unpaired) electrons. The fourth-order valence-electron chi connectivity index (χ4n) is 3.73. The summed E-state index contributed by atoms with van der Waals surface area (Å²) in [6.45, 7) is 1.65. The number of amides is 1. The van der Waals surface area contributed by atoms with Crippen LogP contribution in [0, 0.1) is 6.92 Å². The van der Waals surface area contributed by atoms with Gasteiger partial charge in [-0.3, -0.25) is 4.79 Å². The van der Waals surface area contributed by atoms with Gasteiger partial charge >= 0.3 is 11.9 Å². The van der Waals surface area contributed by atoms with Crippen LogP contribution in [0.5, 0.6) is 5.75 Å². The Bertz CT molecular complexity index is 1480. The van der Waals surface area contributed by atoms with Crippen LogP contribution in [0.2, 0.25) is 0 Å². The number of aromatic nitrogens is 2. The largest absolute Gasteiger partial charge is 0.483 e. The van der Waals surface area contributed by atoms with Gasteiger partial charge in [-0.25, -0.2) is 14.3 Å². The third kappa shape index (κ3) is 5.76. The van der Waals surface area contributed by atoms with E-state index in [9.17, 15) is 14.4 Å². The van der Waals surface area contributed by atoms with Crippen LogP contribution in [0.1, 0.15) is 26.4 Å². The summed E-state index contributed by atoms with van der Waals surface area (Å²) in [5, 5.41) is 7.38. The lowest BCUT2D eigenvalue weighted by Crippen LogP contribution is -2.20. The summed E-state index contributed by atoms with van der Waals surface area (Å²) in [4.78, 5) is 38.4. The number of carbonyl (C=O) groups is 3. The number of benzene rings is 3. The third-order valence-corrected chi connectivity index (χ3v) is 6.04. The van der Waals surface area contributed by atoms with E-state index in [-0.39, 0.29) is 35.2 Å². The molecule has 3 aromatic carbocycles. The van der Waals surface area contributed by atoms with Crippen LogP contribution in [0.4, 0.5) is 5.69 Å². The summed E-state index contributed by atoms with van der Waals surface area (Å²) in [7, 11) is 2.42. The Hall–Kier alpha value is -4.44. The van der Waals surface area contributed by atoms with E-state index in [2.05, 4.69) is 26.3 Å². The minimum atomic E-state index is -0.786. The number of aryl methyl sites for hydroxylation is 1. The van der Waals surface area contributed by atoms with E-state index < -0.39 is 11.9 Å². The number of halogens is 1. The van der Waals surface area contributed by atoms with Crippen molar-refractivity contribution in [2.24, 2.45) is 0 Å². The first kappa shape index (κ1) is 26.6. The van der Waals surface area contributed by atoms with Crippen LogP contribution < -0.4 is 10.1 Å². The van der Waals surface area contributed by atoms with Crippen LogP contribution in [-0.2, 0) is 14.3 Å². The summed E-state index contributed by atoms with van der Waals surface area (Å²) >= 11 is 3.44. The molecule has 0 fully saturated rings. The average Bonchev–Trinajstić information content (AvgIpc) is 3.34. The van der Waals surface area contributed by atoms with Crippen LogP contribution in [0.15, 0.2) is 77.3 Å². The molecule has 0 saturated heterocycles. The van der Waals surface area contributed by atoms with Gasteiger partial charge in [0.2, 0.25) is 0 Å². The molecule has 0 bridgehead atoms. The minimum Gasteiger partial charge on any atom is -0.483 e. The Morgan fingerprint density at radius 3 is 2.26 bits per heavy atom. The maximum atomic E-state index is 13.0. The number of nitrogens with one attached hydrogen (secondary N) is 1. The Labute approximate surface area is 227 Å². The Balaban J connectivity index is 1.77. The topological polar surface area (TPSA) is 109 Å². The van der Waals surface area contributed by atoms with Gasteiger partial charge in [0.25, 0.3) is 5.91 Å². The number of methoxy groups -OCH3 is 2. The fourth-order valence-corrected chi connectivity index (χ4v) is 4.09. The van der Waals surface area contributed by atoms with Gasteiger partial charge in [-0.15, -0.1) is 0 Å². The van der Waals surface area contributed by atoms with E-state index in [1.165, 1.54) is 18.9 Å². The van der Waals surface area contributed by atoms with Crippen molar-refractivity contribution in [3.8, 4) is 22.7 Å². The van der Waals surface area contributed by atoms with Crippen LogP contribution in [-0.4, -0.2) is 48.5 Å². The van der Waals surface area contributed by atoms with Gasteiger partial charge in [-0.2, -0.15) is 5.10 Å². The highest BCUT2D eigenvalue weighted by molar-refractivity contribution is 9.10. The normalized spacial score (nSPS) is 10.5. The average molecular weight is 578 g/mol. The lowest BCUT2D eigenvalue weighted by atomic mass is 10.0. The molecule has 9 nitrogen and oxygen atoms in total. The maximum absolute atomic E-state index is 13.0. The number of hydrogen-bond donors (Lipinski definition) is 1. The first-order valence-corrected chi connectivity index (χ1v) is 12.3. The molecule has 4 rings (SSSR count). The van der Waals surface area contributed by atoms with Crippen molar-refractivity contribution in [2.75, 3.05) is 26.1 Å². The molecule has 1 heterocycles. The first-order chi connectivity index (χ1) is 18.3. The lowest BCUT2D eigenvalue weighted by molar-refractivity contribution is -0.118. The smallest absolute Gasteiger partial charge is 0.357 e. The summed E-state index contributed by atoms with van der Waals surface area (Å²) < 4.78 is 17.8. The number of nitrogens with zero attached hydrogens (tertiary/aromatic N) is 2. The number of ether oxygens (including phenoxy) is 3. The zero-order valence-corrected chi connectivity index (χ0v) is 22.4. The zero-order valence-electron chi connectivity index (χ0n) is 20.9. The van der Waals surface area contributed by atoms with Crippen LogP contribution in [0.25, 0.3) is 16.9 Å². The van der Waals surface area contributed by atoms with Crippen molar-refractivity contribution < 1.29 is 28.6 Å². The van der Waals surface area contributed by atoms with Gasteiger partial charge in [0, 0.05) is 15.7 Å². The fraction of sp³-hybridized carbons (Fsp3) is 0.143. The summed E-state index contributed by atoms with van der Waals surface area (Å²) in [5.41, 5.74) is 2.51. The highest BCUT2D eigenvalue weighted by Gasteiger charge is 2.32. The molecule has 194 valence electrons. The van der Waals surface area contributed by atoms with Gasteiger partial charge in [0.05, 0.1) is 19.9 Å². The predicted molar refractivity (Wildman–Crippen MR) is 145 cm³/mol. The number of para-hydroxylation sites is 1. The first-order valence-electron chi connectivity index (χ1n) is 11.5. The van der Waals surface area contributed by atoms with Crippen molar-refractivity contribution in [2.45, 2.75) is 6.92 Å². The molecule has 4 aromatic rings. The predicted octanol–water partition coefficient (Wildman–Crippen LogP) is 5.20. The molecule has 1 N–H and O–H groups in total. The quantitative estimate of drug-likeness (QED) is 0.286. The molecule has 0 aliphatic carbocycles. The van der Waals surface area contributed by atoms with Gasteiger partial charge in [0.15, 0.2) is 12.3 Å². The standard InChI is InChI=1S/C28H24BrN3O6/c1-17-9-12-19(13-10-17)30-23(33)16-38-22-14-11-18(29)15-21(22)25-24(27(34)36-2)26(28(35)37-3)32(31-25)20-7-5-4-6-8-20/h4-15H,16H2,1-3H3,(H,30,33). The van der Waals surface area contributed by atoms with E-state index in [1.807, 2.05) is 25.1 Å². The Kier molecular flexibility index (Phi) is 8.22. The van der Waals surface area contributed by atoms with E-state index in [0.717, 1.165) is 5.56 Å². The molecular formula is C28H24BrN3O6. The van der Waals surface area contributed by atoms with E-state index >= 15 is 0 Å². The highest BCUT2D eigenvalue weighted by atomic mass is 79.9. The number of carbonyl (C=O) groups excluding carboxylic acids is 3. The van der Waals surface area contributed by atoms with Crippen molar-refractivity contribution in [1.82, 2.24) is 9.78 Å². The maximum Gasteiger partial charge on any atom is 0.357 e.